The van der Waals surface area contributed by atoms with Gasteiger partial charge in [-0.25, -0.2) is 9.97 Å². The van der Waals surface area contributed by atoms with E-state index in [2.05, 4.69) is 20.6 Å². The Balaban J connectivity index is 1.85. The van der Waals surface area contributed by atoms with Crippen molar-refractivity contribution in [3.8, 4) is 0 Å². The van der Waals surface area contributed by atoms with Crippen LogP contribution in [-0.4, -0.2) is 15.9 Å². The minimum absolute atomic E-state index is 0.0312. The molecule has 1 aliphatic rings. The Morgan fingerprint density at radius 1 is 1.37 bits per heavy atom. The van der Waals surface area contributed by atoms with Gasteiger partial charge >= 0.3 is 0 Å². The topological polar surface area (TPSA) is 66.9 Å². The highest BCUT2D eigenvalue weighted by Gasteiger charge is 2.17. The van der Waals surface area contributed by atoms with Crippen LogP contribution in [0, 0.1) is 0 Å². The number of aromatic nitrogens is 2. The number of hydrogen-bond acceptors (Lipinski definition) is 5. The van der Waals surface area contributed by atoms with Crippen LogP contribution in [0.25, 0.3) is 0 Å². The van der Waals surface area contributed by atoms with Crippen molar-refractivity contribution < 1.29 is 4.79 Å². The van der Waals surface area contributed by atoms with Crippen molar-refractivity contribution in [3.05, 3.63) is 36.2 Å². The van der Waals surface area contributed by atoms with Crippen molar-refractivity contribution in [1.29, 1.82) is 0 Å². The molecule has 0 unspecified atom stereocenters. The minimum atomic E-state index is -0.0312. The summed E-state index contributed by atoms with van der Waals surface area (Å²) in [5.41, 5.74) is 2.05. The van der Waals surface area contributed by atoms with Gasteiger partial charge in [0.1, 0.15) is 5.03 Å². The zero-order chi connectivity index (χ0) is 13.2. The molecule has 2 aromatic rings. The van der Waals surface area contributed by atoms with E-state index in [1.54, 1.807) is 24.2 Å². The smallest absolute Gasteiger partial charge is 0.217 e. The van der Waals surface area contributed by atoms with Gasteiger partial charge in [-0.15, -0.1) is 0 Å². The van der Waals surface area contributed by atoms with Gasteiger partial charge in [0.15, 0.2) is 5.82 Å². The molecule has 0 radical (unpaired) electrons. The van der Waals surface area contributed by atoms with E-state index in [4.69, 9.17) is 0 Å². The number of amides is 1. The maximum Gasteiger partial charge on any atom is 0.217 e. The Kier molecular flexibility index (Phi) is 3.08. The summed E-state index contributed by atoms with van der Waals surface area (Å²) in [5.74, 6) is 0.743. The van der Waals surface area contributed by atoms with Gasteiger partial charge in [0.2, 0.25) is 5.91 Å². The van der Waals surface area contributed by atoms with Gasteiger partial charge in [0.25, 0.3) is 0 Å². The Hall–Kier alpha value is -2.08. The minimum Gasteiger partial charge on any atom is -0.352 e. The summed E-state index contributed by atoms with van der Waals surface area (Å²) in [4.78, 5) is 20.6. The number of anilines is 2. The number of carbonyl (C=O) groups is 1. The molecular weight excluding hydrogens is 260 g/mol. The second-order valence-electron chi connectivity index (χ2n) is 4.18. The number of rotatable bonds is 2. The number of nitrogens with zero attached hydrogens (tertiary/aromatic N) is 2. The van der Waals surface area contributed by atoms with Gasteiger partial charge in [-0.1, -0.05) is 17.8 Å². The molecule has 19 heavy (non-hydrogen) atoms. The standard InChI is InChI=1S/C13H12N4OS/c1-8(18)16-7-9-2-3-11-10(6-9)17-12-13(19-11)15-5-4-14-12/h2-6H,7H2,1H3,(H,14,17)(H,16,18). The first kappa shape index (κ1) is 12.0. The fourth-order valence-corrected chi connectivity index (χ4v) is 2.70. The summed E-state index contributed by atoms with van der Waals surface area (Å²) >= 11 is 1.59. The van der Waals surface area contributed by atoms with Crippen LogP contribution < -0.4 is 10.6 Å². The van der Waals surface area contributed by atoms with Crippen molar-refractivity contribution in [2.75, 3.05) is 5.32 Å². The molecule has 1 aliphatic heterocycles. The highest BCUT2D eigenvalue weighted by Crippen LogP contribution is 2.41. The molecule has 0 saturated carbocycles. The van der Waals surface area contributed by atoms with Crippen LogP contribution in [0.5, 0.6) is 0 Å². The first-order valence-corrected chi connectivity index (χ1v) is 6.67. The molecule has 0 aliphatic carbocycles. The van der Waals surface area contributed by atoms with E-state index < -0.39 is 0 Å². The molecule has 0 atom stereocenters. The lowest BCUT2D eigenvalue weighted by molar-refractivity contribution is -0.119. The van der Waals surface area contributed by atoms with Crippen LogP contribution in [0.1, 0.15) is 12.5 Å². The van der Waals surface area contributed by atoms with Gasteiger partial charge in [0, 0.05) is 30.8 Å². The maximum absolute atomic E-state index is 10.9. The second kappa shape index (κ2) is 4.89. The summed E-state index contributed by atoms with van der Waals surface area (Å²) in [6.45, 7) is 2.04. The van der Waals surface area contributed by atoms with Crippen molar-refractivity contribution >= 4 is 29.2 Å². The van der Waals surface area contributed by atoms with E-state index >= 15 is 0 Å². The van der Waals surface area contributed by atoms with Gasteiger partial charge in [-0.3, -0.25) is 4.79 Å². The molecule has 3 rings (SSSR count). The van der Waals surface area contributed by atoms with Crippen LogP contribution in [-0.2, 0) is 11.3 Å². The van der Waals surface area contributed by atoms with Crippen LogP contribution in [0.2, 0.25) is 0 Å². The van der Waals surface area contributed by atoms with E-state index in [0.29, 0.717) is 6.54 Å². The predicted molar refractivity (Wildman–Crippen MR) is 73.4 cm³/mol. The van der Waals surface area contributed by atoms with Gasteiger partial charge < -0.3 is 10.6 Å². The highest BCUT2D eigenvalue weighted by molar-refractivity contribution is 7.99. The average molecular weight is 272 g/mol. The maximum atomic E-state index is 10.9. The third kappa shape index (κ3) is 2.53. The Bertz CT molecular complexity index is 644. The average Bonchev–Trinajstić information content (AvgIpc) is 2.42. The van der Waals surface area contributed by atoms with Crippen LogP contribution in [0.3, 0.4) is 0 Å². The lowest BCUT2D eigenvalue weighted by Gasteiger charge is -2.19. The van der Waals surface area contributed by atoms with Crippen LogP contribution in [0.15, 0.2) is 40.5 Å². The fraction of sp³-hybridized carbons (Fsp3) is 0.154. The summed E-state index contributed by atoms with van der Waals surface area (Å²) in [5, 5.41) is 6.93. The largest absolute Gasteiger partial charge is 0.352 e. The SMILES string of the molecule is CC(=O)NCc1ccc2c(c1)Nc1nccnc1S2. The predicted octanol–water partition coefficient (Wildman–Crippen LogP) is 2.32. The summed E-state index contributed by atoms with van der Waals surface area (Å²) in [6.07, 6.45) is 3.35. The molecule has 96 valence electrons. The molecule has 0 saturated heterocycles. The van der Waals surface area contributed by atoms with Crippen molar-refractivity contribution in [3.63, 3.8) is 0 Å². The third-order valence-electron chi connectivity index (χ3n) is 2.71. The first-order valence-electron chi connectivity index (χ1n) is 5.85. The van der Waals surface area contributed by atoms with Gasteiger partial charge in [0.05, 0.1) is 5.69 Å². The molecule has 1 amide bonds. The third-order valence-corrected chi connectivity index (χ3v) is 3.78. The van der Waals surface area contributed by atoms with Gasteiger partial charge in [-0.2, -0.15) is 0 Å². The Morgan fingerprint density at radius 3 is 3.05 bits per heavy atom. The molecule has 2 N–H and O–H groups in total. The normalized spacial score (nSPS) is 12.1. The first-order chi connectivity index (χ1) is 9.22. The number of fused-ring (bicyclic) bond motifs is 2. The van der Waals surface area contributed by atoms with Crippen LogP contribution >= 0.6 is 11.8 Å². The summed E-state index contributed by atoms with van der Waals surface area (Å²) < 4.78 is 0. The monoisotopic (exact) mass is 272 g/mol. The van der Waals surface area contributed by atoms with Crippen molar-refractivity contribution in [1.82, 2.24) is 15.3 Å². The number of nitrogens with one attached hydrogen (secondary N) is 2. The van der Waals surface area contributed by atoms with E-state index in [-0.39, 0.29) is 5.91 Å². The molecule has 0 bridgehead atoms. The van der Waals surface area contributed by atoms with E-state index in [1.165, 1.54) is 6.92 Å². The number of benzene rings is 1. The summed E-state index contributed by atoms with van der Waals surface area (Å²) in [6, 6.07) is 6.06. The van der Waals surface area contributed by atoms with E-state index in [0.717, 1.165) is 27.0 Å². The van der Waals surface area contributed by atoms with Crippen LogP contribution in [0.4, 0.5) is 11.5 Å². The molecule has 1 aromatic carbocycles. The zero-order valence-corrected chi connectivity index (χ0v) is 11.1. The quantitative estimate of drug-likeness (QED) is 0.749. The molecule has 6 heteroatoms. The van der Waals surface area contributed by atoms with Gasteiger partial charge in [-0.05, 0) is 17.7 Å². The molecule has 1 aromatic heterocycles. The number of carbonyl (C=O) groups excluding carboxylic acids is 1. The molecule has 0 spiro atoms. The molecular formula is C13H12N4OS. The Labute approximate surface area is 114 Å². The lowest BCUT2D eigenvalue weighted by Crippen LogP contribution is -2.19. The zero-order valence-electron chi connectivity index (χ0n) is 10.3. The molecule has 2 heterocycles. The highest BCUT2D eigenvalue weighted by atomic mass is 32.2. The molecule has 5 nitrogen and oxygen atoms in total. The Morgan fingerprint density at radius 2 is 2.21 bits per heavy atom. The second-order valence-corrected chi connectivity index (χ2v) is 5.21. The fourth-order valence-electron chi connectivity index (χ4n) is 1.82. The van der Waals surface area contributed by atoms with Crippen molar-refractivity contribution in [2.24, 2.45) is 0 Å². The lowest BCUT2D eigenvalue weighted by atomic mass is 10.2. The van der Waals surface area contributed by atoms with Crippen molar-refractivity contribution in [2.45, 2.75) is 23.4 Å². The number of hydrogen-bond donors (Lipinski definition) is 2. The summed E-state index contributed by atoms with van der Waals surface area (Å²) in [7, 11) is 0. The molecule has 0 fully saturated rings. The van der Waals surface area contributed by atoms with E-state index in [9.17, 15) is 4.79 Å². The van der Waals surface area contributed by atoms with E-state index in [1.807, 2.05) is 18.2 Å².